The number of rotatable bonds is 4. The molecule has 0 aliphatic carbocycles. The van der Waals surface area contributed by atoms with E-state index in [1.165, 1.54) is 4.90 Å². The number of nitrogens with one attached hydrogen (secondary N) is 1. The van der Waals surface area contributed by atoms with Crippen LogP contribution in [-0.4, -0.2) is 60.8 Å². The standard InChI is InChI=1S/C14H24N2O4/c1-10(11-3-2-4-15-8-11)7-13(17)16-5-6-20-9-12(16)14(18)19/h10-12,15H,2-9H2,1H3,(H,18,19). The van der Waals surface area contributed by atoms with Crippen LogP contribution in [0.15, 0.2) is 0 Å². The molecular formula is C14H24N2O4. The normalized spacial score (nSPS) is 28.9. The van der Waals surface area contributed by atoms with E-state index in [9.17, 15) is 9.59 Å². The van der Waals surface area contributed by atoms with Crippen molar-refractivity contribution in [1.29, 1.82) is 0 Å². The van der Waals surface area contributed by atoms with Crippen LogP contribution in [0, 0.1) is 11.8 Å². The zero-order valence-electron chi connectivity index (χ0n) is 12.0. The van der Waals surface area contributed by atoms with Crippen LogP contribution in [-0.2, 0) is 14.3 Å². The summed E-state index contributed by atoms with van der Waals surface area (Å²) in [5.41, 5.74) is 0. The van der Waals surface area contributed by atoms with Gasteiger partial charge in [-0.3, -0.25) is 4.79 Å². The summed E-state index contributed by atoms with van der Waals surface area (Å²) in [6.45, 7) is 5.01. The quantitative estimate of drug-likeness (QED) is 0.777. The Morgan fingerprint density at radius 2 is 2.30 bits per heavy atom. The molecule has 3 atom stereocenters. The number of amides is 1. The summed E-state index contributed by atoms with van der Waals surface area (Å²) in [5, 5.41) is 12.5. The van der Waals surface area contributed by atoms with Gasteiger partial charge in [0.15, 0.2) is 6.04 Å². The maximum atomic E-state index is 12.4. The second kappa shape index (κ2) is 7.04. The third-order valence-corrected chi connectivity index (χ3v) is 4.37. The van der Waals surface area contributed by atoms with Crippen LogP contribution in [0.3, 0.4) is 0 Å². The topological polar surface area (TPSA) is 78.9 Å². The van der Waals surface area contributed by atoms with E-state index < -0.39 is 12.0 Å². The van der Waals surface area contributed by atoms with Crippen LogP contribution in [0.1, 0.15) is 26.2 Å². The van der Waals surface area contributed by atoms with Crippen LogP contribution in [0.4, 0.5) is 0 Å². The molecule has 0 spiro atoms. The summed E-state index contributed by atoms with van der Waals surface area (Å²) >= 11 is 0. The largest absolute Gasteiger partial charge is 0.480 e. The SMILES string of the molecule is CC(CC(=O)N1CCOCC1C(=O)O)C1CCCNC1. The third kappa shape index (κ3) is 3.70. The predicted molar refractivity (Wildman–Crippen MR) is 73.3 cm³/mol. The summed E-state index contributed by atoms with van der Waals surface area (Å²) in [7, 11) is 0. The highest BCUT2D eigenvalue weighted by molar-refractivity contribution is 5.84. The number of morpholine rings is 1. The lowest BCUT2D eigenvalue weighted by atomic mass is 9.85. The fourth-order valence-electron chi connectivity index (χ4n) is 3.03. The summed E-state index contributed by atoms with van der Waals surface area (Å²) < 4.78 is 5.16. The number of hydrogen-bond acceptors (Lipinski definition) is 4. The average Bonchev–Trinajstić information content (AvgIpc) is 2.48. The van der Waals surface area contributed by atoms with Gasteiger partial charge in [-0.05, 0) is 37.8 Å². The van der Waals surface area contributed by atoms with Crippen LogP contribution in [0.25, 0.3) is 0 Å². The number of carboxylic acids is 1. The zero-order chi connectivity index (χ0) is 14.5. The van der Waals surface area contributed by atoms with Gasteiger partial charge in [-0.2, -0.15) is 0 Å². The molecule has 20 heavy (non-hydrogen) atoms. The fourth-order valence-corrected chi connectivity index (χ4v) is 3.03. The van der Waals surface area contributed by atoms with Gasteiger partial charge in [0.05, 0.1) is 13.2 Å². The number of carbonyl (C=O) groups excluding carboxylic acids is 1. The van der Waals surface area contributed by atoms with Gasteiger partial charge in [0.2, 0.25) is 5.91 Å². The highest BCUT2D eigenvalue weighted by Crippen LogP contribution is 2.24. The number of carbonyl (C=O) groups is 2. The predicted octanol–water partition coefficient (Wildman–Crippen LogP) is 0.324. The smallest absolute Gasteiger partial charge is 0.328 e. The van der Waals surface area contributed by atoms with Crippen molar-refractivity contribution >= 4 is 11.9 Å². The molecule has 0 aromatic rings. The Labute approximate surface area is 119 Å². The molecule has 0 saturated carbocycles. The third-order valence-electron chi connectivity index (χ3n) is 4.37. The first kappa shape index (κ1) is 15.3. The highest BCUT2D eigenvalue weighted by Gasteiger charge is 2.34. The van der Waals surface area contributed by atoms with Crippen molar-refractivity contribution in [2.75, 3.05) is 32.8 Å². The Hall–Kier alpha value is -1.14. The maximum absolute atomic E-state index is 12.4. The van der Waals surface area contributed by atoms with Gasteiger partial charge in [0.1, 0.15) is 0 Å². The maximum Gasteiger partial charge on any atom is 0.328 e. The van der Waals surface area contributed by atoms with Gasteiger partial charge in [-0.15, -0.1) is 0 Å². The Morgan fingerprint density at radius 3 is 2.95 bits per heavy atom. The molecule has 2 aliphatic rings. The minimum absolute atomic E-state index is 0.0567. The van der Waals surface area contributed by atoms with Crippen LogP contribution >= 0.6 is 0 Å². The van der Waals surface area contributed by atoms with Gasteiger partial charge in [-0.1, -0.05) is 6.92 Å². The number of ether oxygens (including phenoxy) is 1. The van der Waals surface area contributed by atoms with Gasteiger partial charge in [0, 0.05) is 13.0 Å². The van der Waals surface area contributed by atoms with E-state index in [0.29, 0.717) is 25.5 Å². The first-order chi connectivity index (χ1) is 9.59. The van der Waals surface area contributed by atoms with Crippen LogP contribution in [0.5, 0.6) is 0 Å². The van der Waals surface area contributed by atoms with E-state index in [1.54, 1.807) is 0 Å². The van der Waals surface area contributed by atoms with Crippen molar-refractivity contribution in [3.8, 4) is 0 Å². The van der Waals surface area contributed by atoms with Crippen molar-refractivity contribution in [3.05, 3.63) is 0 Å². The van der Waals surface area contributed by atoms with E-state index in [0.717, 1.165) is 25.9 Å². The Bertz CT molecular complexity index is 355. The van der Waals surface area contributed by atoms with E-state index in [2.05, 4.69) is 12.2 Å². The lowest BCUT2D eigenvalue weighted by Gasteiger charge is -2.35. The van der Waals surface area contributed by atoms with Crippen LogP contribution < -0.4 is 5.32 Å². The van der Waals surface area contributed by atoms with Gasteiger partial charge in [-0.25, -0.2) is 4.79 Å². The molecule has 2 N–H and O–H groups in total. The number of carboxylic acid groups (broad SMARTS) is 1. The van der Waals surface area contributed by atoms with E-state index in [1.807, 2.05) is 0 Å². The highest BCUT2D eigenvalue weighted by atomic mass is 16.5. The summed E-state index contributed by atoms with van der Waals surface area (Å²) in [4.78, 5) is 25.0. The zero-order valence-corrected chi connectivity index (χ0v) is 12.0. The molecule has 2 aliphatic heterocycles. The molecule has 0 aromatic carbocycles. The molecule has 0 radical (unpaired) electrons. The second-order valence-corrected chi connectivity index (χ2v) is 5.80. The molecule has 1 amide bonds. The van der Waals surface area contributed by atoms with Gasteiger partial charge < -0.3 is 20.1 Å². The van der Waals surface area contributed by atoms with Crippen molar-refractivity contribution in [1.82, 2.24) is 10.2 Å². The monoisotopic (exact) mass is 284 g/mol. The minimum atomic E-state index is -0.981. The van der Waals surface area contributed by atoms with Gasteiger partial charge in [0.25, 0.3) is 0 Å². The molecule has 0 bridgehead atoms. The van der Waals surface area contributed by atoms with E-state index in [-0.39, 0.29) is 18.4 Å². The molecule has 2 saturated heterocycles. The molecule has 3 unspecified atom stereocenters. The number of piperidine rings is 1. The Kier molecular flexibility index (Phi) is 5.37. The van der Waals surface area contributed by atoms with Gasteiger partial charge >= 0.3 is 5.97 Å². The molecule has 6 heteroatoms. The molecule has 6 nitrogen and oxygen atoms in total. The second-order valence-electron chi connectivity index (χ2n) is 5.80. The molecule has 114 valence electrons. The van der Waals surface area contributed by atoms with E-state index >= 15 is 0 Å². The molecule has 2 fully saturated rings. The first-order valence-electron chi connectivity index (χ1n) is 7.40. The molecule has 0 aromatic heterocycles. The average molecular weight is 284 g/mol. The number of hydrogen-bond donors (Lipinski definition) is 2. The van der Waals surface area contributed by atoms with Crippen molar-refractivity contribution in [2.24, 2.45) is 11.8 Å². The first-order valence-corrected chi connectivity index (χ1v) is 7.40. The Morgan fingerprint density at radius 1 is 1.50 bits per heavy atom. The summed E-state index contributed by atoms with van der Waals surface area (Å²) in [6.07, 6.45) is 2.72. The lowest BCUT2D eigenvalue weighted by molar-refractivity contribution is -0.158. The minimum Gasteiger partial charge on any atom is -0.480 e. The van der Waals surface area contributed by atoms with Crippen molar-refractivity contribution in [3.63, 3.8) is 0 Å². The summed E-state index contributed by atoms with van der Waals surface area (Å²) in [6, 6.07) is -0.826. The molecule has 2 rings (SSSR count). The Balaban J connectivity index is 1.90. The van der Waals surface area contributed by atoms with Crippen molar-refractivity contribution in [2.45, 2.75) is 32.2 Å². The van der Waals surface area contributed by atoms with E-state index in [4.69, 9.17) is 9.84 Å². The summed E-state index contributed by atoms with van der Waals surface area (Å²) in [5.74, 6) is -0.242. The van der Waals surface area contributed by atoms with Crippen LogP contribution in [0.2, 0.25) is 0 Å². The fraction of sp³-hybridized carbons (Fsp3) is 0.857. The molecular weight excluding hydrogens is 260 g/mol. The number of aliphatic carboxylic acids is 1. The number of nitrogens with zero attached hydrogens (tertiary/aromatic N) is 1. The molecule has 2 heterocycles. The lowest BCUT2D eigenvalue weighted by Crippen LogP contribution is -2.53. The van der Waals surface area contributed by atoms with Crippen molar-refractivity contribution < 1.29 is 19.4 Å².